The van der Waals surface area contributed by atoms with Gasteiger partial charge in [0.05, 0.1) is 32.5 Å². The predicted molar refractivity (Wildman–Crippen MR) is 107 cm³/mol. The minimum atomic E-state index is -0.188. The Hall–Kier alpha value is -2.89. The van der Waals surface area contributed by atoms with Crippen molar-refractivity contribution in [2.45, 2.75) is 33.2 Å². The van der Waals surface area contributed by atoms with Crippen molar-refractivity contribution in [2.75, 3.05) is 26.4 Å². The van der Waals surface area contributed by atoms with E-state index in [1.54, 1.807) is 12.1 Å². The molecule has 1 aliphatic rings. The van der Waals surface area contributed by atoms with Gasteiger partial charge >= 0.3 is 0 Å². The lowest BCUT2D eigenvalue weighted by atomic mass is 10.00. The average molecular weight is 385 g/mol. The number of carbonyl (C=O) groups excluding carboxylic acids is 1. The summed E-state index contributed by atoms with van der Waals surface area (Å²) >= 11 is 0. The van der Waals surface area contributed by atoms with Crippen LogP contribution in [0.2, 0.25) is 0 Å². The summed E-state index contributed by atoms with van der Waals surface area (Å²) in [6.45, 7) is 7.65. The number of nitrogens with one attached hydrogen (secondary N) is 1. The molecule has 0 spiro atoms. The van der Waals surface area contributed by atoms with Crippen LogP contribution in [0.3, 0.4) is 0 Å². The first-order valence-corrected chi connectivity index (χ1v) is 9.76. The molecule has 0 fully saturated rings. The van der Waals surface area contributed by atoms with Crippen LogP contribution < -0.4 is 24.3 Å². The molecule has 1 N–H and O–H groups in total. The summed E-state index contributed by atoms with van der Waals surface area (Å²) < 4.78 is 22.8. The first-order valence-electron chi connectivity index (χ1n) is 9.76. The van der Waals surface area contributed by atoms with E-state index in [9.17, 15) is 4.79 Å². The number of ether oxygens (including phenoxy) is 4. The summed E-state index contributed by atoms with van der Waals surface area (Å²) in [5.41, 5.74) is 1.46. The molecule has 1 atom stereocenters. The molecule has 0 bridgehead atoms. The van der Waals surface area contributed by atoms with Gasteiger partial charge in [-0.2, -0.15) is 0 Å². The highest BCUT2D eigenvalue weighted by Gasteiger charge is 2.25. The molecule has 0 saturated carbocycles. The number of rotatable bonds is 8. The van der Waals surface area contributed by atoms with Crippen LogP contribution in [0.15, 0.2) is 36.4 Å². The predicted octanol–water partition coefficient (Wildman–Crippen LogP) is 4.14. The first-order chi connectivity index (χ1) is 13.7. The number of benzene rings is 2. The monoisotopic (exact) mass is 385 g/mol. The minimum absolute atomic E-state index is 0.102. The Balaban J connectivity index is 1.89. The molecule has 1 aliphatic heterocycles. The van der Waals surface area contributed by atoms with Crippen LogP contribution in [0, 0.1) is 0 Å². The third-order valence-electron chi connectivity index (χ3n) is 4.44. The van der Waals surface area contributed by atoms with Gasteiger partial charge in [-0.15, -0.1) is 0 Å². The van der Waals surface area contributed by atoms with E-state index in [2.05, 4.69) is 5.32 Å². The summed E-state index contributed by atoms with van der Waals surface area (Å²) in [5, 5.41) is 3.11. The van der Waals surface area contributed by atoms with Crippen molar-refractivity contribution in [3.8, 4) is 23.0 Å². The molecule has 150 valence electrons. The van der Waals surface area contributed by atoms with E-state index >= 15 is 0 Å². The maximum Gasteiger partial charge on any atom is 0.252 e. The summed E-state index contributed by atoms with van der Waals surface area (Å²) in [6.07, 6.45) is 0.719. The van der Waals surface area contributed by atoms with Crippen LogP contribution in [0.4, 0.5) is 0 Å². The van der Waals surface area contributed by atoms with Crippen LogP contribution in [-0.2, 0) is 0 Å². The second-order valence-corrected chi connectivity index (χ2v) is 6.30. The average Bonchev–Trinajstić information content (AvgIpc) is 2.71. The van der Waals surface area contributed by atoms with E-state index < -0.39 is 0 Å². The summed E-state index contributed by atoms with van der Waals surface area (Å²) in [5.74, 6) is 2.17. The highest BCUT2D eigenvalue weighted by molar-refractivity contribution is 5.96. The highest BCUT2D eigenvalue weighted by atomic mass is 16.5. The molecule has 6 nitrogen and oxygen atoms in total. The molecule has 2 aromatic carbocycles. The van der Waals surface area contributed by atoms with Crippen molar-refractivity contribution in [3.63, 3.8) is 0 Å². The molecule has 0 aromatic heterocycles. The molecular weight excluding hydrogens is 358 g/mol. The Morgan fingerprint density at radius 2 is 1.68 bits per heavy atom. The molecule has 28 heavy (non-hydrogen) atoms. The minimum Gasteiger partial charge on any atom is -0.493 e. The second kappa shape index (κ2) is 9.35. The van der Waals surface area contributed by atoms with Crippen molar-refractivity contribution in [1.29, 1.82) is 0 Å². The molecule has 2 aromatic rings. The maximum atomic E-state index is 13.0. The molecule has 0 radical (unpaired) electrons. The van der Waals surface area contributed by atoms with E-state index in [-0.39, 0.29) is 11.9 Å². The Kier molecular flexibility index (Phi) is 6.63. The Morgan fingerprint density at radius 1 is 1.04 bits per heavy atom. The Morgan fingerprint density at radius 3 is 2.32 bits per heavy atom. The van der Waals surface area contributed by atoms with E-state index in [0.717, 1.165) is 17.7 Å². The molecular formula is C22H27NO5. The Labute approximate surface area is 165 Å². The fourth-order valence-electron chi connectivity index (χ4n) is 3.25. The van der Waals surface area contributed by atoms with Crippen molar-refractivity contribution in [2.24, 2.45) is 0 Å². The highest BCUT2D eigenvalue weighted by Crippen LogP contribution is 2.39. The van der Waals surface area contributed by atoms with Gasteiger partial charge < -0.3 is 24.3 Å². The van der Waals surface area contributed by atoms with Gasteiger partial charge in [0.2, 0.25) is 5.75 Å². The van der Waals surface area contributed by atoms with Crippen molar-refractivity contribution < 1.29 is 23.7 Å². The van der Waals surface area contributed by atoms with Gasteiger partial charge in [-0.05, 0) is 39.0 Å². The van der Waals surface area contributed by atoms with Crippen LogP contribution in [-0.4, -0.2) is 32.3 Å². The Bertz CT molecular complexity index is 793. The van der Waals surface area contributed by atoms with E-state index in [0.29, 0.717) is 49.2 Å². The smallest absolute Gasteiger partial charge is 0.252 e. The maximum absolute atomic E-state index is 13.0. The van der Waals surface area contributed by atoms with Gasteiger partial charge in [-0.1, -0.05) is 18.2 Å². The van der Waals surface area contributed by atoms with Gasteiger partial charge in [-0.25, -0.2) is 0 Å². The molecule has 1 heterocycles. The zero-order chi connectivity index (χ0) is 19.9. The van der Waals surface area contributed by atoms with Crippen molar-refractivity contribution in [1.82, 2.24) is 5.32 Å². The first kappa shape index (κ1) is 19.9. The number of hydrogen-bond acceptors (Lipinski definition) is 5. The topological polar surface area (TPSA) is 66.0 Å². The fourth-order valence-corrected chi connectivity index (χ4v) is 3.25. The van der Waals surface area contributed by atoms with Crippen LogP contribution in [0.5, 0.6) is 23.0 Å². The van der Waals surface area contributed by atoms with Gasteiger partial charge in [0.15, 0.2) is 11.5 Å². The van der Waals surface area contributed by atoms with E-state index in [4.69, 9.17) is 18.9 Å². The summed E-state index contributed by atoms with van der Waals surface area (Å²) in [4.78, 5) is 13.0. The van der Waals surface area contributed by atoms with Crippen LogP contribution in [0.25, 0.3) is 0 Å². The lowest BCUT2D eigenvalue weighted by Crippen LogP contribution is -2.32. The number of amides is 1. The summed E-state index contributed by atoms with van der Waals surface area (Å²) in [7, 11) is 0. The number of carbonyl (C=O) groups is 1. The standard InChI is InChI=1S/C22H27NO5/c1-4-25-19-13-15(14-20(26-5-2)21(19)27-6-3)22(24)23-17-11-12-28-18-10-8-7-9-16(17)18/h7-10,13-14,17H,4-6,11-12H2,1-3H3,(H,23,24)/t17-/m1/s1. The van der Waals surface area contributed by atoms with Crippen LogP contribution in [0.1, 0.15) is 49.2 Å². The van der Waals surface area contributed by atoms with E-state index in [1.807, 2.05) is 45.0 Å². The molecule has 6 heteroatoms. The molecule has 1 amide bonds. The molecule has 0 saturated heterocycles. The SMILES string of the molecule is CCOc1cc(C(=O)N[C@@H]2CCOc3ccccc32)cc(OCC)c1OCC. The van der Waals surface area contributed by atoms with E-state index in [1.165, 1.54) is 0 Å². The molecule has 0 aliphatic carbocycles. The normalized spacial score (nSPS) is 15.2. The van der Waals surface area contributed by atoms with Gasteiger partial charge in [0.1, 0.15) is 5.75 Å². The number of hydrogen-bond donors (Lipinski definition) is 1. The molecule has 0 unspecified atom stereocenters. The number of para-hydroxylation sites is 1. The van der Waals surface area contributed by atoms with Gasteiger partial charge in [0.25, 0.3) is 5.91 Å². The lowest BCUT2D eigenvalue weighted by molar-refractivity contribution is 0.0923. The third-order valence-corrected chi connectivity index (χ3v) is 4.44. The summed E-state index contributed by atoms with van der Waals surface area (Å²) in [6, 6.07) is 11.1. The van der Waals surface area contributed by atoms with Gasteiger partial charge in [0, 0.05) is 17.5 Å². The quantitative estimate of drug-likeness (QED) is 0.740. The number of fused-ring (bicyclic) bond motifs is 1. The molecule has 3 rings (SSSR count). The van der Waals surface area contributed by atoms with Crippen LogP contribution >= 0.6 is 0 Å². The zero-order valence-electron chi connectivity index (χ0n) is 16.6. The largest absolute Gasteiger partial charge is 0.493 e. The third kappa shape index (κ3) is 4.32. The van der Waals surface area contributed by atoms with Gasteiger partial charge in [-0.3, -0.25) is 4.79 Å². The second-order valence-electron chi connectivity index (χ2n) is 6.30. The van der Waals surface area contributed by atoms with Crippen molar-refractivity contribution in [3.05, 3.63) is 47.5 Å². The zero-order valence-corrected chi connectivity index (χ0v) is 16.6. The fraction of sp³-hybridized carbons (Fsp3) is 0.409. The van der Waals surface area contributed by atoms with Crippen molar-refractivity contribution >= 4 is 5.91 Å². The lowest BCUT2D eigenvalue weighted by Gasteiger charge is -2.27.